The molecule has 0 saturated heterocycles. The van der Waals surface area contributed by atoms with Crippen LogP contribution >= 0.6 is 0 Å². The maximum atomic E-state index is 5.94. The average Bonchev–Trinajstić information content (AvgIpc) is 2.52. The molecule has 3 aromatic rings. The fourth-order valence-corrected chi connectivity index (χ4v) is 3.16. The summed E-state index contributed by atoms with van der Waals surface area (Å²) in [5.74, 6) is 1.77. The van der Waals surface area contributed by atoms with Crippen molar-refractivity contribution in [2.45, 2.75) is 20.5 Å². The molecule has 3 heteroatoms. The molecule has 0 aliphatic carbocycles. The van der Waals surface area contributed by atoms with Gasteiger partial charge in [-0.2, -0.15) is 0 Å². The Kier molecular flexibility index (Phi) is 2.83. The second-order valence-corrected chi connectivity index (χ2v) is 5.76. The molecule has 3 nitrogen and oxygen atoms in total. The second kappa shape index (κ2) is 4.73. The van der Waals surface area contributed by atoms with Gasteiger partial charge in [0.1, 0.15) is 18.1 Å². The van der Waals surface area contributed by atoms with Gasteiger partial charge in [-0.1, -0.05) is 6.07 Å². The predicted molar refractivity (Wildman–Crippen MR) is 87.5 cm³/mol. The molecule has 0 unspecified atom stereocenters. The molecule has 4 rings (SSSR count). The number of ether oxygens (including phenoxy) is 2. The van der Waals surface area contributed by atoms with Crippen LogP contribution in [-0.4, -0.2) is 12.1 Å². The predicted octanol–water partition coefficient (Wildman–Crippen LogP) is 4.42. The van der Waals surface area contributed by atoms with Crippen molar-refractivity contribution >= 4 is 10.9 Å². The Morgan fingerprint density at radius 1 is 1.05 bits per heavy atom. The van der Waals surface area contributed by atoms with E-state index in [0.29, 0.717) is 6.61 Å². The van der Waals surface area contributed by atoms with Gasteiger partial charge >= 0.3 is 0 Å². The number of aromatic nitrogens is 1. The van der Waals surface area contributed by atoms with E-state index < -0.39 is 0 Å². The second-order valence-electron chi connectivity index (χ2n) is 5.76. The van der Waals surface area contributed by atoms with Crippen molar-refractivity contribution in [3.8, 4) is 22.6 Å². The fourth-order valence-electron chi connectivity index (χ4n) is 3.16. The van der Waals surface area contributed by atoms with Crippen LogP contribution in [0.3, 0.4) is 0 Å². The first-order chi connectivity index (χ1) is 10.7. The number of benzene rings is 2. The third kappa shape index (κ3) is 1.93. The van der Waals surface area contributed by atoms with E-state index in [2.05, 4.69) is 36.2 Å². The van der Waals surface area contributed by atoms with Crippen LogP contribution < -0.4 is 9.47 Å². The summed E-state index contributed by atoms with van der Waals surface area (Å²) in [6, 6.07) is 12.5. The molecule has 110 valence electrons. The van der Waals surface area contributed by atoms with Gasteiger partial charge in [-0.25, -0.2) is 0 Å². The monoisotopic (exact) mass is 291 g/mol. The summed E-state index contributed by atoms with van der Waals surface area (Å²) >= 11 is 0. The van der Waals surface area contributed by atoms with Gasteiger partial charge in [0.2, 0.25) is 0 Å². The van der Waals surface area contributed by atoms with Crippen molar-refractivity contribution < 1.29 is 9.47 Å². The van der Waals surface area contributed by atoms with Crippen molar-refractivity contribution in [1.82, 2.24) is 4.98 Å². The van der Waals surface area contributed by atoms with Gasteiger partial charge in [0, 0.05) is 28.3 Å². The molecule has 22 heavy (non-hydrogen) atoms. The van der Waals surface area contributed by atoms with Crippen molar-refractivity contribution in [2.24, 2.45) is 0 Å². The van der Waals surface area contributed by atoms with Crippen molar-refractivity contribution in [2.75, 3.05) is 7.11 Å². The first-order valence-corrected chi connectivity index (χ1v) is 7.38. The molecule has 1 aromatic heterocycles. The Labute approximate surface area is 129 Å². The Balaban J connectivity index is 1.98. The number of aryl methyl sites for hydroxylation is 2. The minimum absolute atomic E-state index is 0.565. The molecular weight excluding hydrogens is 274 g/mol. The highest BCUT2D eigenvalue weighted by molar-refractivity contribution is 5.91. The van der Waals surface area contributed by atoms with E-state index in [1.165, 1.54) is 16.5 Å². The summed E-state index contributed by atoms with van der Waals surface area (Å²) in [7, 11) is 1.68. The molecule has 2 heterocycles. The fraction of sp³-hybridized carbons (Fsp3) is 0.211. The first-order valence-electron chi connectivity index (χ1n) is 7.38. The Morgan fingerprint density at radius 2 is 1.91 bits per heavy atom. The maximum absolute atomic E-state index is 5.94. The van der Waals surface area contributed by atoms with Gasteiger partial charge < -0.3 is 9.47 Å². The summed E-state index contributed by atoms with van der Waals surface area (Å²) in [5.41, 5.74) is 6.77. The molecule has 2 aromatic carbocycles. The zero-order valence-electron chi connectivity index (χ0n) is 12.9. The van der Waals surface area contributed by atoms with Gasteiger partial charge in [-0.3, -0.25) is 4.98 Å². The summed E-state index contributed by atoms with van der Waals surface area (Å²) in [5, 5.41) is 1.18. The van der Waals surface area contributed by atoms with Crippen LogP contribution in [0.25, 0.3) is 22.0 Å². The molecule has 0 fully saturated rings. The lowest BCUT2D eigenvalue weighted by Crippen LogP contribution is -2.06. The van der Waals surface area contributed by atoms with Gasteiger partial charge in [-0.05, 0) is 49.2 Å². The van der Waals surface area contributed by atoms with Crippen LogP contribution in [0.1, 0.15) is 16.8 Å². The van der Waals surface area contributed by atoms with Crippen molar-refractivity contribution in [1.29, 1.82) is 0 Å². The van der Waals surface area contributed by atoms with Gasteiger partial charge in [0.15, 0.2) is 0 Å². The Bertz CT molecular complexity index is 900. The molecule has 0 amide bonds. The molecule has 1 aliphatic rings. The minimum Gasteiger partial charge on any atom is -0.497 e. The summed E-state index contributed by atoms with van der Waals surface area (Å²) in [6.45, 7) is 4.71. The molecule has 0 radical (unpaired) electrons. The van der Waals surface area contributed by atoms with Crippen LogP contribution in [0, 0.1) is 13.8 Å². The lowest BCUT2D eigenvalue weighted by atomic mass is 9.94. The molecule has 0 N–H and O–H groups in total. The number of hydrogen-bond acceptors (Lipinski definition) is 3. The lowest BCUT2D eigenvalue weighted by molar-refractivity contribution is 0.301. The highest BCUT2D eigenvalue weighted by atomic mass is 16.5. The number of hydrogen-bond donors (Lipinski definition) is 0. The third-order valence-corrected chi connectivity index (χ3v) is 4.23. The zero-order valence-corrected chi connectivity index (χ0v) is 12.9. The number of pyridine rings is 1. The van der Waals surface area contributed by atoms with E-state index in [1.807, 2.05) is 19.1 Å². The zero-order chi connectivity index (χ0) is 15.3. The normalized spacial score (nSPS) is 12.5. The first kappa shape index (κ1) is 13.1. The average molecular weight is 291 g/mol. The van der Waals surface area contributed by atoms with E-state index in [4.69, 9.17) is 9.47 Å². The highest BCUT2D eigenvalue weighted by Crippen LogP contribution is 2.41. The molecule has 0 spiro atoms. The quantitative estimate of drug-likeness (QED) is 0.665. The molecule has 0 bridgehead atoms. The van der Waals surface area contributed by atoms with Crippen LogP contribution in [0.5, 0.6) is 11.5 Å². The van der Waals surface area contributed by atoms with Crippen molar-refractivity contribution in [3.05, 3.63) is 53.2 Å². The Hall–Kier alpha value is -2.55. The van der Waals surface area contributed by atoms with Crippen LogP contribution in [0.4, 0.5) is 0 Å². The standard InChI is InChI=1S/C19H17NO2/c1-11-6-12(2)20-18-9-19-17(8-16(11)18)15-5-4-14(21-3)7-13(15)10-22-19/h4-9H,10H2,1-3H3. The number of methoxy groups -OCH3 is 1. The topological polar surface area (TPSA) is 31.4 Å². The lowest BCUT2D eigenvalue weighted by Gasteiger charge is -2.22. The van der Waals surface area contributed by atoms with E-state index in [9.17, 15) is 0 Å². The van der Waals surface area contributed by atoms with Gasteiger partial charge in [0.05, 0.1) is 12.6 Å². The van der Waals surface area contributed by atoms with Gasteiger partial charge in [-0.15, -0.1) is 0 Å². The molecular formula is C19H17NO2. The summed E-state index contributed by atoms with van der Waals surface area (Å²) < 4.78 is 11.2. The number of rotatable bonds is 1. The van der Waals surface area contributed by atoms with E-state index in [1.54, 1.807) is 7.11 Å². The van der Waals surface area contributed by atoms with E-state index >= 15 is 0 Å². The summed E-state index contributed by atoms with van der Waals surface area (Å²) in [4.78, 5) is 4.63. The highest BCUT2D eigenvalue weighted by Gasteiger charge is 2.19. The Morgan fingerprint density at radius 3 is 2.73 bits per heavy atom. The number of fused-ring (bicyclic) bond motifs is 4. The third-order valence-electron chi connectivity index (χ3n) is 4.23. The number of nitrogens with zero attached hydrogens (tertiary/aromatic N) is 1. The van der Waals surface area contributed by atoms with E-state index in [-0.39, 0.29) is 0 Å². The SMILES string of the molecule is COc1ccc2c(c1)COc1cc3nc(C)cc(C)c3cc1-2. The molecule has 1 aliphatic heterocycles. The maximum Gasteiger partial charge on any atom is 0.129 e. The summed E-state index contributed by atoms with van der Waals surface area (Å²) in [6.07, 6.45) is 0. The van der Waals surface area contributed by atoms with E-state index in [0.717, 1.165) is 33.8 Å². The van der Waals surface area contributed by atoms with Crippen LogP contribution in [-0.2, 0) is 6.61 Å². The van der Waals surface area contributed by atoms with Crippen LogP contribution in [0.15, 0.2) is 36.4 Å². The molecule has 0 saturated carbocycles. The van der Waals surface area contributed by atoms with Crippen molar-refractivity contribution in [3.63, 3.8) is 0 Å². The largest absolute Gasteiger partial charge is 0.497 e. The van der Waals surface area contributed by atoms with Gasteiger partial charge in [0.25, 0.3) is 0 Å². The van der Waals surface area contributed by atoms with Crippen LogP contribution in [0.2, 0.25) is 0 Å². The molecule has 0 atom stereocenters. The smallest absolute Gasteiger partial charge is 0.129 e. The minimum atomic E-state index is 0.565.